The molecule has 0 saturated heterocycles. The van der Waals surface area contributed by atoms with Gasteiger partial charge in [-0.15, -0.1) is 0 Å². The zero-order valence-corrected chi connectivity index (χ0v) is 11.1. The summed E-state index contributed by atoms with van der Waals surface area (Å²) < 4.78 is 9.65. The van der Waals surface area contributed by atoms with Crippen LogP contribution in [0.5, 0.6) is 0 Å². The third-order valence-electron chi connectivity index (χ3n) is 1.91. The van der Waals surface area contributed by atoms with Crippen LogP contribution >= 0.6 is 11.6 Å². The molecule has 17 heavy (non-hydrogen) atoms. The van der Waals surface area contributed by atoms with Crippen LogP contribution in [0.2, 0.25) is 0 Å². The van der Waals surface area contributed by atoms with Gasteiger partial charge < -0.3 is 9.47 Å². The van der Waals surface area contributed by atoms with Crippen LogP contribution < -0.4 is 0 Å². The summed E-state index contributed by atoms with van der Waals surface area (Å²) in [5, 5.41) is -0.248. The summed E-state index contributed by atoms with van der Waals surface area (Å²) in [5.74, 6) is -1.30. The predicted molar refractivity (Wildman–Crippen MR) is 65.7 cm³/mol. The molecule has 0 aliphatic rings. The van der Waals surface area contributed by atoms with Crippen LogP contribution in [-0.4, -0.2) is 25.2 Å². The van der Waals surface area contributed by atoms with Gasteiger partial charge in [-0.25, -0.2) is 9.59 Å². The number of hydrogen-bond acceptors (Lipinski definition) is 4. The lowest BCUT2D eigenvalue weighted by atomic mass is 10.3. The second-order valence-corrected chi connectivity index (χ2v) is 3.91. The van der Waals surface area contributed by atoms with Crippen LogP contribution in [-0.2, 0) is 19.1 Å². The van der Waals surface area contributed by atoms with Gasteiger partial charge >= 0.3 is 11.9 Å². The Hall–Kier alpha value is -1.03. The molecule has 0 aromatic heterocycles. The van der Waals surface area contributed by atoms with Crippen molar-refractivity contribution in [3.05, 3.63) is 11.1 Å². The van der Waals surface area contributed by atoms with E-state index in [4.69, 9.17) is 21.1 Å². The first kappa shape index (κ1) is 16.0. The van der Waals surface area contributed by atoms with E-state index in [1.165, 1.54) is 0 Å². The van der Waals surface area contributed by atoms with E-state index in [0.717, 1.165) is 31.8 Å². The van der Waals surface area contributed by atoms with E-state index >= 15 is 0 Å². The fraction of sp³-hybridized carbons (Fsp3) is 0.667. The Bertz CT molecular complexity index is 274. The number of halogens is 1. The van der Waals surface area contributed by atoms with Crippen LogP contribution in [0.15, 0.2) is 11.1 Å². The lowest BCUT2D eigenvalue weighted by molar-refractivity contribution is -0.141. The summed E-state index contributed by atoms with van der Waals surface area (Å²) >= 11 is 5.60. The maximum atomic E-state index is 11.3. The molecule has 0 aromatic carbocycles. The largest absolute Gasteiger partial charge is 0.462 e. The Labute approximate surface area is 107 Å². The molecule has 4 nitrogen and oxygen atoms in total. The molecule has 0 aromatic rings. The van der Waals surface area contributed by atoms with Gasteiger partial charge in [0.2, 0.25) is 0 Å². The summed E-state index contributed by atoms with van der Waals surface area (Å²) in [6, 6.07) is 0. The van der Waals surface area contributed by atoms with E-state index in [2.05, 4.69) is 0 Å². The van der Waals surface area contributed by atoms with Gasteiger partial charge in [0, 0.05) is 6.08 Å². The number of ether oxygens (including phenoxy) is 2. The molecule has 0 fully saturated rings. The second kappa shape index (κ2) is 10.1. The molecule has 0 amide bonds. The summed E-state index contributed by atoms with van der Waals surface area (Å²) in [5.41, 5.74) is 0. The normalized spacial score (nSPS) is 11.1. The Morgan fingerprint density at radius 3 is 2.12 bits per heavy atom. The van der Waals surface area contributed by atoms with E-state index in [0.29, 0.717) is 13.2 Å². The van der Waals surface area contributed by atoms with Gasteiger partial charge in [0.05, 0.1) is 13.2 Å². The minimum Gasteiger partial charge on any atom is -0.462 e. The molecule has 0 heterocycles. The number of carbonyl (C=O) groups excluding carboxylic acids is 2. The first-order chi connectivity index (χ1) is 8.11. The van der Waals surface area contributed by atoms with Crippen molar-refractivity contribution in [2.75, 3.05) is 13.2 Å². The van der Waals surface area contributed by atoms with Gasteiger partial charge in [-0.1, -0.05) is 38.3 Å². The Morgan fingerprint density at radius 2 is 1.59 bits per heavy atom. The SMILES string of the molecule is CCCCOC(=O)C=C(Cl)C(=O)OCCCC. The smallest absolute Gasteiger partial charge is 0.350 e. The van der Waals surface area contributed by atoms with E-state index < -0.39 is 11.9 Å². The molecule has 5 heteroatoms. The highest BCUT2D eigenvalue weighted by Gasteiger charge is 2.10. The molecule has 0 aliphatic heterocycles. The van der Waals surface area contributed by atoms with Crippen LogP contribution in [0.1, 0.15) is 39.5 Å². The molecule has 0 N–H and O–H groups in total. The molecule has 0 atom stereocenters. The molecule has 98 valence electrons. The molecule has 0 bridgehead atoms. The Balaban J connectivity index is 3.96. The fourth-order valence-corrected chi connectivity index (χ4v) is 1.04. The van der Waals surface area contributed by atoms with Gasteiger partial charge in [0.1, 0.15) is 5.03 Å². The molecule has 0 unspecified atom stereocenters. The highest BCUT2D eigenvalue weighted by atomic mass is 35.5. The van der Waals surface area contributed by atoms with Gasteiger partial charge in [-0.3, -0.25) is 0 Å². The van der Waals surface area contributed by atoms with Crippen LogP contribution in [0.3, 0.4) is 0 Å². The van der Waals surface area contributed by atoms with Gasteiger partial charge in [-0.2, -0.15) is 0 Å². The first-order valence-corrected chi connectivity index (χ1v) is 6.20. The number of unbranched alkanes of at least 4 members (excludes halogenated alkanes) is 2. The zero-order chi connectivity index (χ0) is 13.1. The van der Waals surface area contributed by atoms with Crippen molar-refractivity contribution in [1.82, 2.24) is 0 Å². The number of carbonyl (C=O) groups is 2. The van der Waals surface area contributed by atoms with E-state index in [1.54, 1.807) is 0 Å². The number of hydrogen-bond donors (Lipinski definition) is 0. The average molecular weight is 263 g/mol. The molecule has 0 rings (SSSR count). The first-order valence-electron chi connectivity index (χ1n) is 5.82. The highest BCUT2D eigenvalue weighted by molar-refractivity contribution is 6.42. The standard InChI is InChI=1S/C12H19ClO4/c1-3-5-7-16-11(14)9-10(13)12(15)17-8-6-4-2/h9H,3-8H2,1-2H3. The number of esters is 2. The zero-order valence-electron chi connectivity index (χ0n) is 10.3. The van der Waals surface area contributed by atoms with Crippen molar-refractivity contribution in [3.63, 3.8) is 0 Å². The van der Waals surface area contributed by atoms with Crippen molar-refractivity contribution < 1.29 is 19.1 Å². The average Bonchev–Trinajstić information content (AvgIpc) is 2.29. The summed E-state index contributed by atoms with van der Waals surface area (Å²) in [4.78, 5) is 22.4. The van der Waals surface area contributed by atoms with Crippen LogP contribution in [0.25, 0.3) is 0 Å². The highest BCUT2D eigenvalue weighted by Crippen LogP contribution is 2.05. The maximum absolute atomic E-state index is 11.3. The third-order valence-corrected chi connectivity index (χ3v) is 2.18. The molecule has 0 aliphatic carbocycles. The van der Waals surface area contributed by atoms with E-state index in [9.17, 15) is 9.59 Å². The summed E-state index contributed by atoms with van der Waals surface area (Å²) in [6.45, 7) is 4.61. The minimum absolute atomic E-state index is 0.248. The maximum Gasteiger partial charge on any atom is 0.350 e. The van der Waals surface area contributed by atoms with Crippen molar-refractivity contribution in [3.8, 4) is 0 Å². The van der Waals surface area contributed by atoms with Crippen LogP contribution in [0.4, 0.5) is 0 Å². The lowest BCUT2D eigenvalue weighted by Gasteiger charge is -2.03. The van der Waals surface area contributed by atoms with Gasteiger partial charge in [0.25, 0.3) is 0 Å². The van der Waals surface area contributed by atoms with Crippen molar-refractivity contribution in [2.24, 2.45) is 0 Å². The van der Waals surface area contributed by atoms with E-state index in [1.807, 2.05) is 13.8 Å². The predicted octanol–water partition coefficient (Wildman–Crippen LogP) is 2.80. The number of rotatable bonds is 8. The molecular weight excluding hydrogens is 244 g/mol. The molecular formula is C12H19ClO4. The van der Waals surface area contributed by atoms with E-state index in [-0.39, 0.29) is 5.03 Å². The molecule has 0 radical (unpaired) electrons. The van der Waals surface area contributed by atoms with Crippen molar-refractivity contribution >= 4 is 23.5 Å². The van der Waals surface area contributed by atoms with Crippen molar-refractivity contribution in [2.45, 2.75) is 39.5 Å². The minimum atomic E-state index is -0.687. The molecule has 0 spiro atoms. The lowest BCUT2D eigenvalue weighted by Crippen LogP contribution is -2.09. The summed E-state index contributed by atoms with van der Waals surface area (Å²) in [7, 11) is 0. The third kappa shape index (κ3) is 8.74. The van der Waals surface area contributed by atoms with Gasteiger partial charge in [0.15, 0.2) is 0 Å². The van der Waals surface area contributed by atoms with Crippen molar-refractivity contribution in [1.29, 1.82) is 0 Å². The monoisotopic (exact) mass is 262 g/mol. The quantitative estimate of drug-likeness (QED) is 0.383. The van der Waals surface area contributed by atoms with Gasteiger partial charge in [-0.05, 0) is 12.8 Å². The fourth-order valence-electron chi connectivity index (χ4n) is 0.899. The second-order valence-electron chi connectivity index (χ2n) is 3.50. The topological polar surface area (TPSA) is 52.6 Å². The Morgan fingerprint density at radius 1 is 1.06 bits per heavy atom. The summed E-state index contributed by atoms with van der Waals surface area (Å²) in [6.07, 6.45) is 4.37. The Kier molecular flexibility index (Phi) is 9.53. The van der Waals surface area contributed by atoms with Crippen LogP contribution in [0, 0.1) is 0 Å². The molecule has 0 saturated carbocycles.